The molecule has 4 N–H and O–H groups in total. The van der Waals surface area contributed by atoms with Crippen LogP contribution < -0.4 is 21.3 Å². The summed E-state index contributed by atoms with van der Waals surface area (Å²) < 4.78 is 7.55. The van der Waals surface area contributed by atoms with Crippen LogP contribution in [0.1, 0.15) is 31.7 Å². The van der Waals surface area contributed by atoms with Gasteiger partial charge in [0.15, 0.2) is 5.82 Å². The number of aromatic amines is 1. The van der Waals surface area contributed by atoms with Gasteiger partial charge in [0.05, 0.1) is 11.4 Å². The first-order valence-electron chi connectivity index (χ1n) is 11.4. The number of nitrogens with two attached hydrogens (primary N) is 1. The Morgan fingerprint density at radius 1 is 1.17 bits per heavy atom. The SMILES string of the molecule is C=CC(=O)NC1CCC(n2nc(-c3ccc(Oc4ccccn4)cc3)c3c(N)n[nH]c(=O)c32)CC1. The third-order valence-electron chi connectivity index (χ3n) is 6.22. The second-order valence-electron chi connectivity index (χ2n) is 8.47. The molecule has 1 aromatic carbocycles. The van der Waals surface area contributed by atoms with Gasteiger partial charge in [0.1, 0.15) is 17.0 Å². The van der Waals surface area contributed by atoms with Crippen LogP contribution in [0.3, 0.4) is 0 Å². The van der Waals surface area contributed by atoms with Crippen LogP contribution >= 0.6 is 0 Å². The normalized spacial score (nSPS) is 17.7. The lowest BCUT2D eigenvalue weighted by Gasteiger charge is -2.29. The van der Waals surface area contributed by atoms with Crippen molar-refractivity contribution in [2.45, 2.75) is 37.8 Å². The average Bonchev–Trinajstić information content (AvgIpc) is 3.30. The van der Waals surface area contributed by atoms with E-state index in [1.165, 1.54) is 6.08 Å². The number of carbonyl (C=O) groups is 1. The number of rotatable bonds is 6. The van der Waals surface area contributed by atoms with Crippen molar-refractivity contribution in [1.82, 2.24) is 30.3 Å². The van der Waals surface area contributed by atoms with Crippen LogP contribution in [0.25, 0.3) is 22.2 Å². The summed E-state index contributed by atoms with van der Waals surface area (Å²) in [5.41, 5.74) is 7.64. The molecule has 10 heteroatoms. The first kappa shape index (κ1) is 22.3. The van der Waals surface area contributed by atoms with Crippen LogP contribution in [0, 0.1) is 0 Å². The van der Waals surface area contributed by atoms with Crippen LogP contribution in [0.15, 0.2) is 66.1 Å². The molecular formula is C25H25N7O3. The van der Waals surface area contributed by atoms with Crippen molar-refractivity contribution < 1.29 is 9.53 Å². The van der Waals surface area contributed by atoms with E-state index in [1.807, 2.05) is 36.4 Å². The van der Waals surface area contributed by atoms with Crippen LogP contribution in [0.2, 0.25) is 0 Å². The number of ether oxygens (including phenoxy) is 1. The lowest BCUT2D eigenvalue weighted by Crippen LogP contribution is -2.37. The Hall–Kier alpha value is -4.47. The van der Waals surface area contributed by atoms with Gasteiger partial charge in [0.25, 0.3) is 5.56 Å². The quantitative estimate of drug-likeness (QED) is 0.366. The smallest absolute Gasteiger partial charge is 0.290 e. The van der Waals surface area contributed by atoms with E-state index in [0.29, 0.717) is 28.2 Å². The third kappa shape index (κ3) is 4.50. The van der Waals surface area contributed by atoms with Crippen molar-refractivity contribution in [1.29, 1.82) is 0 Å². The zero-order chi connectivity index (χ0) is 24.4. The number of H-pyrrole nitrogens is 1. The van der Waals surface area contributed by atoms with Gasteiger partial charge in [0, 0.05) is 23.9 Å². The molecule has 0 unspecified atom stereocenters. The second kappa shape index (κ2) is 9.41. The Morgan fingerprint density at radius 3 is 2.63 bits per heavy atom. The molecule has 4 aromatic rings. The summed E-state index contributed by atoms with van der Waals surface area (Å²) in [5.74, 6) is 1.16. The monoisotopic (exact) mass is 471 g/mol. The Morgan fingerprint density at radius 2 is 1.94 bits per heavy atom. The summed E-state index contributed by atoms with van der Waals surface area (Å²) in [6, 6.07) is 12.9. The van der Waals surface area contributed by atoms with Crippen molar-refractivity contribution in [3.8, 4) is 22.9 Å². The number of amides is 1. The number of nitrogen functional groups attached to an aromatic ring is 1. The average molecular weight is 472 g/mol. The molecule has 1 fully saturated rings. The van der Waals surface area contributed by atoms with Crippen LogP contribution in [-0.4, -0.2) is 36.9 Å². The topological polar surface area (TPSA) is 141 Å². The van der Waals surface area contributed by atoms with E-state index in [2.05, 4.69) is 27.1 Å². The maximum Gasteiger partial charge on any atom is 0.290 e. The molecule has 1 aliphatic rings. The van der Waals surface area contributed by atoms with Gasteiger partial charge in [-0.05, 0) is 62.1 Å². The van der Waals surface area contributed by atoms with Crippen LogP contribution in [0.4, 0.5) is 5.82 Å². The highest BCUT2D eigenvalue weighted by molar-refractivity contribution is 5.99. The third-order valence-corrected chi connectivity index (χ3v) is 6.22. The number of benzene rings is 1. The number of anilines is 1. The van der Waals surface area contributed by atoms with Gasteiger partial charge in [-0.15, -0.1) is 0 Å². The number of hydrogen-bond acceptors (Lipinski definition) is 7. The largest absolute Gasteiger partial charge is 0.439 e. The fourth-order valence-corrected chi connectivity index (χ4v) is 4.51. The Balaban J connectivity index is 1.46. The van der Waals surface area contributed by atoms with E-state index in [1.54, 1.807) is 16.9 Å². The van der Waals surface area contributed by atoms with Gasteiger partial charge in [-0.25, -0.2) is 10.1 Å². The van der Waals surface area contributed by atoms with Gasteiger partial charge in [-0.2, -0.15) is 10.2 Å². The highest BCUT2D eigenvalue weighted by Crippen LogP contribution is 2.36. The molecule has 1 amide bonds. The molecule has 0 saturated heterocycles. The number of nitrogens with one attached hydrogen (secondary N) is 2. The van der Waals surface area contributed by atoms with E-state index >= 15 is 0 Å². The van der Waals surface area contributed by atoms with E-state index < -0.39 is 0 Å². The molecule has 1 saturated carbocycles. The molecular weight excluding hydrogens is 446 g/mol. The number of aromatic nitrogens is 5. The summed E-state index contributed by atoms with van der Waals surface area (Å²) >= 11 is 0. The maximum absolute atomic E-state index is 12.8. The summed E-state index contributed by atoms with van der Waals surface area (Å²) in [6.45, 7) is 3.51. The summed E-state index contributed by atoms with van der Waals surface area (Å²) in [7, 11) is 0. The summed E-state index contributed by atoms with van der Waals surface area (Å²) in [5, 5.41) is 14.8. The summed E-state index contributed by atoms with van der Waals surface area (Å²) in [6.07, 6.45) is 6.02. The molecule has 0 atom stereocenters. The van der Waals surface area contributed by atoms with Gasteiger partial charge in [0.2, 0.25) is 11.8 Å². The zero-order valence-electron chi connectivity index (χ0n) is 19.0. The van der Waals surface area contributed by atoms with Gasteiger partial charge in [-0.3, -0.25) is 14.3 Å². The number of nitrogens with zero attached hydrogens (tertiary/aromatic N) is 4. The molecule has 1 aliphatic carbocycles. The van der Waals surface area contributed by atoms with Crippen molar-refractivity contribution in [2.75, 3.05) is 5.73 Å². The number of hydrogen-bond donors (Lipinski definition) is 3. The highest BCUT2D eigenvalue weighted by Gasteiger charge is 2.28. The molecule has 0 bridgehead atoms. The molecule has 0 aliphatic heterocycles. The Kier molecular flexibility index (Phi) is 6.01. The van der Waals surface area contributed by atoms with E-state index in [9.17, 15) is 9.59 Å². The molecule has 0 radical (unpaired) electrons. The van der Waals surface area contributed by atoms with Crippen molar-refractivity contribution in [2.24, 2.45) is 0 Å². The lowest BCUT2D eigenvalue weighted by molar-refractivity contribution is -0.117. The van der Waals surface area contributed by atoms with Gasteiger partial charge in [-0.1, -0.05) is 12.6 Å². The minimum Gasteiger partial charge on any atom is -0.439 e. The molecule has 10 nitrogen and oxygen atoms in total. The molecule has 178 valence electrons. The molecule has 35 heavy (non-hydrogen) atoms. The van der Waals surface area contributed by atoms with Crippen molar-refractivity contribution in [3.63, 3.8) is 0 Å². The fraction of sp³-hybridized carbons (Fsp3) is 0.240. The molecule has 3 heterocycles. The first-order valence-corrected chi connectivity index (χ1v) is 11.4. The highest BCUT2D eigenvalue weighted by atomic mass is 16.5. The van der Waals surface area contributed by atoms with Gasteiger partial charge < -0.3 is 15.8 Å². The van der Waals surface area contributed by atoms with Gasteiger partial charge >= 0.3 is 0 Å². The minimum absolute atomic E-state index is 0.00204. The summed E-state index contributed by atoms with van der Waals surface area (Å²) in [4.78, 5) is 28.6. The zero-order valence-corrected chi connectivity index (χ0v) is 19.0. The standard InChI is InChI=1S/C25H25N7O3/c1-2-19(33)28-16-8-10-17(11-9-16)32-23-21(24(26)29-30-25(23)34)22(31-32)15-6-12-18(13-7-15)35-20-5-3-4-14-27-20/h2-7,12-14,16-17H,1,8-11H2,(H2,26,29)(H,28,33)(H,30,34). The maximum atomic E-state index is 12.8. The molecule has 0 spiro atoms. The molecule has 5 rings (SSSR count). The number of carbonyl (C=O) groups excluding carboxylic acids is 1. The predicted molar refractivity (Wildman–Crippen MR) is 132 cm³/mol. The van der Waals surface area contributed by atoms with Crippen LogP contribution in [0.5, 0.6) is 11.6 Å². The van der Waals surface area contributed by atoms with E-state index in [0.717, 1.165) is 31.2 Å². The predicted octanol–water partition coefficient (Wildman–Crippen LogP) is 3.34. The Labute approximate surface area is 200 Å². The van der Waals surface area contributed by atoms with Crippen molar-refractivity contribution >= 4 is 22.6 Å². The first-order chi connectivity index (χ1) is 17.0. The number of fused-ring (bicyclic) bond motifs is 1. The number of pyridine rings is 1. The van der Waals surface area contributed by atoms with Crippen molar-refractivity contribution in [3.05, 3.63) is 71.7 Å². The van der Waals surface area contributed by atoms with Crippen LogP contribution in [-0.2, 0) is 4.79 Å². The molecule has 3 aromatic heterocycles. The second-order valence-corrected chi connectivity index (χ2v) is 8.47. The minimum atomic E-state index is -0.342. The lowest BCUT2D eigenvalue weighted by atomic mass is 9.91. The van der Waals surface area contributed by atoms with E-state index in [4.69, 9.17) is 15.6 Å². The fourth-order valence-electron chi connectivity index (χ4n) is 4.51. The van der Waals surface area contributed by atoms with E-state index in [-0.39, 0.29) is 29.4 Å². The Bertz CT molecular complexity index is 1420.